The largest absolute Gasteiger partial charge is 0.308 e. The van der Waals surface area contributed by atoms with Crippen molar-refractivity contribution >= 4 is 0 Å². The third-order valence-electron chi connectivity index (χ3n) is 5.29. The monoisotopic (exact) mass is 461 g/mol. The molecule has 0 radical (unpaired) electrons. The average molecular weight is 462 g/mol. The lowest BCUT2D eigenvalue weighted by Gasteiger charge is -2.10. The van der Waals surface area contributed by atoms with Gasteiger partial charge in [-0.1, -0.05) is 68.3 Å². The number of H-pyrrole nitrogens is 1. The predicted molar refractivity (Wildman–Crippen MR) is 124 cm³/mol. The van der Waals surface area contributed by atoms with Crippen molar-refractivity contribution in [1.82, 2.24) is 35.4 Å². The van der Waals surface area contributed by atoms with E-state index in [-0.39, 0.29) is 12.2 Å². The summed E-state index contributed by atoms with van der Waals surface area (Å²) in [5, 5.41) is 18.4. The molecule has 0 amide bonds. The summed E-state index contributed by atoms with van der Waals surface area (Å²) in [6, 6.07) is 15.9. The Labute approximate surface area is 196 Å². The number of alkyl halides is 2. The van der Waals surface area contributed by atoms with Crippen molar-refractivity contribution in [2.24, 2.45) is 0 Å². The van der Waals surface area contributed by atoms with E-state index in [1.54, 1.807) is 6.92 Å². The highest BCUT2D eigenvalue weighted by Gasteiger charge is 2.36. The number of aromatic nitrogens is 7. The molecule has 7 nitrogen and oxygen atoms in total. The maximum Gasteiger partial charge on any atom is 0.308 e. The van der Waals surface area contributed by atoms with Gasteiger partial charge in [0.15, 0.2) is 0 Å². The van der Waals surface area contributed by atoms with Crippen LogP contribution in [0.25, 0.3) is 11.4 Å². The molecule has 0 spiro atoms. The number of hydrogen-bond donors (Lipinski definition) is 1. The quantitative estimate of drug-likeness (QED) is 0.383. The van der Waals surface area contributed by atoms with Gasteiger partial charge in [0.05, 0.1) is 6.54 Å². The first-order valence-electron chi connectivity index (χ1n) is 11.2. The Morgan fingerprint density at radius 2 is 1.79 bits per heavy atom. The molecule has 2 heterocycles. The van der Waals surface area contributed by atoms with E-state index in [0.29, 0.717) is 31.6 Å². The normalized spacial score (nSPS) is 11.3. The SMILES string of the molecule is CCC#Cc1nc(C(F)(F)CCC)nn1Cc1ccc(Cc2ccccc2-c2nn[nH]n2)cc1. The predicted octanol–water partition coefficient (Wildman–Crippen LogP) is 4.75. The van der Waals surface area contributed by atoms with Gasteiger partial charge in [-0.05, 0) is 40.7 Å². The van der Waals surface area contributed by atoms with Gasteiger partial charge >= 0.3 is 5.92 Å². The summed E-state index contributed by atoms with van der Waals surface area (Å²) in [7, 11) is 0. The Bertz CT molecular complexity index is 1280. The van der Waals surface area contributed by atoms with Crippen molar-refractivity contribution in [2.75, 3.05) is 0 Å². The Morgan fingerprint density at radius 1 is 1.03 bits per heavy atom. The molecular weight excluding hydrogens is 436 g/mol. The lowest BCUT2D eigenvalue weighted by atomic mass is 9.98. The molecule has 34 heavy (non-hydrogen) atoms. The lowest BCUT2D eigenvalue weighted by molar-refractivity contribution is -0.0232. The second-order valence-corrected chi connectivity index (χ2v) is 7.91. The number of nitrogens with one attached hydrogen (secondary N) is 1. The summed E-state index contributed by atoms with van der Waals surface area (Å²) >= 11 is 0. The van der Waals surface area contributed by atoms with E-state index in [2.05, 4.69) is 42.5 Å². The zero-order chi connectivity index (χ0) is 24.0. The summed E-state index contributed by atoms with van der Waals surface area (Å²) < 4.78 is 30.3. The van der Waals surface area contributed by atoms with E-state index in [9.17, 15) is 8.78 Å². The first-order valence-corrected chi connectivity index (χ1v) is 11.2. The van der Waals surface area contributed by atoms with Gasteiger partial charge in [0.25, 0.3) is 0 Å². The molecule has 4 aromatic rings. The van der Waals surface area contributed by atoms with E-state index in [4.69, 9.17) is 0 Å². The summed E-state index contributed by atoms with van der Waals surface area (Å²) in [5.74, 6) is 3.04. The minimum Gasteiger partial charge on any atom is -0.234 e. The molecule has 2 aromatic carbocycles. The molecule has 0 unspecified atom stereocenters. The van der Waals surface area contributed by atoms with Crippen molar-refractivity contribution in [1.29, 1.82) is 0 Å². The molecule has 2 aromatic heterocycles. The van der Waals surface area contributed by atoms with Crippen molar-refractivity contribution in [2.45, 2.75) is 52.0 Å². The average Bonchev–Trinajstić information content (AvgIpc) is 3.50. The van der Waals surface area contributed by atoms with Crippen LogP contribution in [-0.2, 0) is 18.9 Å². The number of nitrogens with zero attached hydrogens (tertiary/aromatic N) is 6. The van der Waals surface area contributed by atoms with Gasteiger partial charge in [-0.25, -0.2) is 4.68 Å². The maximum absolute atomic E-state index is 14.4. The molecular formula is C25H25F2N7. The number of aromatic amines is 1. The zero-order valence-electron chi connectivity index (χ0n) is 19.1. The first-order chi connectivity index (χ1) is 16.5. The number of halogens is 2. The van der Waals surface area contributed by atoms with E-state index in [1.807, 2.05) is 55.5 Å². The molecule has 9 heteroatoms. The second kappa shape index (κ2) is 10.3. The van der Waals surface area contributed by atoms with Crippen LogP contribution in [-0.4, -0.2) is 35.4 Å². The van der Waals surface area contributed by atoms with Crippen molar-refractivity contribution < 1.29 is 8.78 Å². The molecule has 174 valence electrons. The fraction of sp³-hybridized carbons (Fsp3) is 0.320. The Morgan fingerprint density at radius 3 is 2.50 bits per heavy atom. The van der Waals surface area contributed by atoms with Gasteiger partial charge in [-0.2, -0.15) is 19.0 Å². The van der Waals surface area contributed by atoms with Crippen molar-refractivity contribution in [3.63, 3.8) is 0 Å². The molecule has 0 aliphatic carbocycles. The zero-order valence-corrected chi connectivity index (χ0v) is 19.1. The van der Waals surface area contributed by atoms with E-state index >= 15 is 0 Å². The van der Waals surface area contributed by atoms with Gasteiger partial charge < -0.3 is 0 Å². The van der Waals surface area contributed by atoms with Gasteiger partial charge in [-0.15, -0.1) is 15.3 Å². The third-order valence-corrected chi connectivity index (χ3v) is 5.29. The van der Waals surface area contributed by atoms with Gasteiger partial charge in [0, 0.05) is 18.4 Å². The van der Waals surface area contributed by atoms with E-state index < -0.39 is 11.7 Å². The fourth-order valence-corrected chi connectivity index (χ4v) is 3.62. The molecule has 0 saturated heterocycles. The second-order valence-electron chi connectivity index (χ2n) is 7.91. The molecule has 0 aliphatic heterocycles. The van der Waals surface area contributed by atoms with Gasteiger partial charge in [-0.3, -0.25) is 0 Å². The third kappa shape index (κ3) is 5.34. The number of tetrazole rings is 1. The summed E-state index contributed by atoms with van der Waals surface area (Å²) in [6.07, 6.45) is 1.34. The van der Waals surface area contributed by atoms with Crippen molar-refractivity contribution in [3.05, 3.63) is 76.9 Å². The minimum atomic E-state index is -3.07. The fourth-order valence-electron chi connectivity index (χ4n) is 3.62. The van der Waals surface area contributed by atoms with Gasteiger partial charge in [0.2, 0.25) is 17.5 Å². The summed E-state index contributed by atoms with van der Waals surface area (Å²) in [4.78, 5) is 4.05. The van der Waals surface area contributed by atoms with Gasteiger partial charge in [0.1, 0.15) is 0 Å². The highest BCUT2D eigenvalue weighted by Crippen LogP contribution is 2.30. The Hall–Kier alpha value is -3.93. The van der Waals surface area contributed by atoms with Crippen LogP contribution < -0.4 is 0 Å². The minimum absolute atomic E-state index is 0.255. The van der Waals surface area contributed by atoms with Crippen LogP contribution in [0.15, 0.2) is 48.5 Å². The molecule has 0 atom stereocenters. The first kappa shape index (κ1) is 23.2. The van der Waals surface area contributed by atoms with E-state index in [0.717, 1.165) is 22.3 Å². The van der Waals surface area contributed by atoms with Crippen LogP contribution in [0.1, 0.15) is 61.4 Å². The highest BCUT2D eigenvalue weighted by atomic mass is 19.3. The van der Waals surface area contributed by atoms with Crippen LogP contribution in [0.3, 0.4) is 0 Å². The van der Waals surface area contributed by atoms with Crippen LogP contribution in [0, 0.1) is 11.8 Å². The number of hydrogen-bond acceptors (Lipinski definition) is 5. The summed E-state index contributed by atoms with van der Waals surface area (Å²) in [5.41, 5.74) is 4.01. The summed E-state index contributed by atoms with van der Waals surface area (Å²) in [6.45, 7) is 3.92. The van der Waals surface area contributed by atoms with Crippen LogP contribution in [0.5, 0.6) is 0 Å². The lowest BCUT2D eigenvalue weighted by Crippen LogP contribution is -2.15. The smallest absolute Gasteiger partial charge is 0.234 e. The topological polar surface area (TPSA) is 85.2 Å². The number of benzene rings is 2. The number of rotatable bonds is 8. The Balaban J connectivity index is 1.54. The Kier molecular flexibility index (Phi) is 7.07. The van der Waals surface area contributed by atoms with Crippen LogP contribution >= 0.6 is 0 Å². The standard InChI is InChI=1S/C25H25F2N7/c1-3-5-10-22-28-24(25(26,27)15-4-2)31-34(22)17-19-13-11-18(12-14-19)16-20-8-6-7-9-21(20)23-29-32-33-30-23/h6-9,11-14H,3-4,15-17H2,1-2H3,(H,29,30,32,33). The molecule has 4 rings (SSSR count). The van der Waals surface area contributed by atoms with Crippen LogP contribution in [0.2, 0.25) is 0 Å². The maximum atomic E-state index is 14.4. The molecule has 0 bridgehead atoms. The molecule has 0 saturated carbocycles. The molecule has 0 aliphatic rings. The van der Waals surface area contributed by atoms with Crippen molar-refractivity contribution in [3.8, 4) is 23.2 Å². The molecule has 1 N–H and O–H groups in total. The molecule has 0 fully saturated rings. The van der Waals surface area contributed by atoms with E-state index in [1.165, 1.54) is 4.68 Å². The highest BCUT2D eigenvalue weighted by molar-refractivity contribution is 5.60. The van der Waals surface area contributed by atoms with Crippen LogP contribution in [0.4, 0.5) is 8.78 Å².